The molecule has 0 radical (unpaired) electrons. The van der Waals surface area contributed by atoms with Crippen molar-refractivity contribution in [2.24, 2.45) is 0 Å². The quantitative estimate of drug-likeness (QED) is 0.270. The second-order valence-electron chi connectivity index (χ2n) is 4.64. The summed E-state index contributed by atoms with van der Waals surface area (Å²) in [6, 6.07) is 2.64. The number of hydrogen-bond acceptors (Lipinski definition) is 6. The van der Waals surface area contributed by atoms with Gasteiger partial charge in [-0.15, -0.1) is 0 Å². The third kappa shape index (κ3) is 5.56. The number of hydrogen-bond donors (Lipinski definition) is 1. The van der Waals surface area contributed by atoms with Crippen molar-refractivity contribution in [3.05, 3.63) is 52.1 Å². The Labute approximate surface area is 138 Å². The third-order valence-electron chi connectivity index (χ3n) is 2.88. The largest absolute Gasteiger partial charge is 0.490 e. The van der Waals surface area contributed by atoms with Crippen LogP contribution in [-0.2, 0) is 14.3 Å². The lowest BCUT2D eigenvalue weighted by Crippen LogP contribution is -2.20. The first-order valence-corrected chi connectivity index (χ1v) is 6.98. The number of methoxy groups -OCH3 is 1. The van der Waals surface area contributed by atoms with Crippen molar-refractivity contribution < 1.29 is 24.0 Å². The van der Waals surface area contributed by atoms with E-state index in [4.69, 9.17) is 9.47 Å². The zero-order chi connectivity index (χ0) is 18.1. The van der Waals surface area contributed by atoms with Gasteiger partial charge in [0, 0.05) is 23.9 Å². The summed E-state index contributed by atoms with van der Waals surface area (Å²) in [5.41, 5.74) is 0.617. The number of carbonyl (C=O) groups is 2. The van der Waals surface area contributed by atoms with Gasteiger partial charge in [-0.25, -0.2) is 4.79 Å². The molecule has 1 rings (SSSR count). The number of allylic oxidation sites excluding steroid dienone is 3. The Balaban J connectivity index is 2.73. The highest BCUT2D eigenvalue weighted by Gasteiger charge is 2.18. The highest BCUT2D eigenvalue weighted by Crippen LogP contribution is 2.32. The van der Waals surface area contributed by atoms with Gasteiger partial charge in [0.15, 0.2) is 12.4 Å². The molecular formula is C16H18N2O6. The molecule has 0 aliphatic carbocycles. The number of ether oxygens (including phenoxy) is 2. The van der Waals surface area contributed by atoms with Crippen LogP contribution in [0.3, 0.4) is 0 Å². The molecule has 1 aromatic rings. The maximum atomic E-state index is 11.8. The van der Waals surface area contributed by atoms with Crippen molar-refractivity contribution >= 4 is 23.3 Å². The topological polar surface area (TPSA) is 108 Å². The Morgan fingerprint density at radius 3 is 2.62 bits per heavy atom. The molecule has 0 unspecified atom stereocenters. The Morgan fingerprint density at radius 2 is 2.04 bits per heavy atom. The molecule has 8 heteroatoms. The smallest absolute Gasteiger partial charge is 0.331 e. The molecule has 0 bridgehead atoms. The second kappa shape index (κ2) is 9.09. The molecule has 0 aliphatic heterocycles. The van der Waals surface area contributed by atoms with Crippen LogP contribution in [0.5, 0.6) is 5.75 Å². The number of carbonyl (C=O) groups excluding carboxylic acids is 2. The van der Waals surface area contributed by atoms with E-state index >= 15 is 0 Å². The van der Waals surface area contributed by atoms with Gasteiger partial charge in [-0.05, 0) is 19.4 Å². The summed E-state index contributed by atoms with van der Waals surface area (Å²) in [6.07, 6.45) is 6.06. The van der Waals surface area contributed by atoms with Crippen LogP contribution >= 0.6 is 0 Å². The normalized spacial score (nSPS) is 10.8. The number of nitro groups is 1. The summed E-state index contributed by atoms with van der Waals surface area (Å²) in [5.74, 6) is -1.20. The summed E-state index contributed by atoms with van der Waals surface area (Å²) < 4.78 is 9.71. The summed E-state index contributed by atoms with van der Waals surface area (Å²) in [6.45, 7) is 2.93. The van der Waals surface area contributed by atoms with Crippen LogP contribution in [0.4, 0.5) is 11.4 Å². The molecule has 0 fully saturated rings. The third-order valence-corrected chi connectivity index (χ3v) is 2.88. The van der Waals surface area contributed by atoms with Crippen molar-refractivity contribution in [1.82, 2.24) is 0 Å². The molecule has 0 heterocycles. The number of nitrogens with zero attached hydrogens (tertiary/aromatic N) is 1. The number of aryl methyl sites for hydroxylation is 1. The van der Waals surface area contributed by atoms with E-state index in [1.54, 1.807) is 26.0 Å². The number of benzene rings is 1. The average Bonchev–Trinajstić information content (AvgIpc) is 2.54. The minimum absolute atomic E-state index is 0.0205. The van der Waals surface area contributed by atoms with E-state index in [1.165, 1.54) is 31.4 Å². The van der Waals surface area contributed by atoms with Crippen LogP contribution in [-0.4, -0.2) is 30.5 Å². The number of amides is 1. The first-order chi connectivity index (χ1) is 11.4. The summed E-state index contributed by atoms with van der Waals surface area (Å²) in [5, 5.41) is 13.4. The number of nitrogens with one attached hydrogen (secondary N) is 1. The number of anilines is 1. The van der Waals surface area contributed by atoms with E-state index in [0.717, 1.165) is 0 Å². The van der Waals surface area contributed by atoms with Crippen molar-refractivity contribution in [1.29, 1.82) is 0 Å². The lowest BCUT2D eigenvalue weighted by molar-refractivity contribution is -0.385. The Bertz CT molecular complexity index is 694. The summed E-state index contributed by atoms with van der Waals surface area (Å²) in [7, 11) is 1.29. The standard InChI is InChI=1S/C16H18N2O6/c1-4-5-6-7-16(20)24-10-15(19)17-12-9-14(23-3)13(18(21)22)8-11(12)2/h4-9H,10H2,1-3H3,(H,17,19). The molecule has 0 saturated carbocycles. The van der Waals surface area contributed by atoms with Gasteiger partial charge in [0.1, 0.15) is 0 Å². The summed E-state index contributed by atoms with van der Waals surface area (Å²) in [4.78, 5) is 33.5. The van der Waals surface area contributed by atoms with Crippen LogP contribution in [0.1, 0.15) is 12.5 Å². The maximum Gasteiger partial charge on any atom is 0.331 e. The summed E-state index contributed by atoms with van der Waals surface area (Å²) >= 11 is 0. The van der Waals surface area contributed by atoms with Crippen molar-refractivity contribution in [2.45, 2.75) is 13.8 Å². The zero-order valence-electron chi connectivity index (χ0n) is 13.6. The second-order valence-corrected chi connectivity index (χ2v) is 4.64. The monoisotopic (exact) mass is 334 g/mol. The fourth-order valence-corrected chi connectivity index (χ4v) is 1.73. The fourth-order valence-electron chi connectivity index (χ4n) is 1.73. The van der Waals surface area contributed by atoms with Crippen molar-refractivity contribution in [3.63, 3.8) is 0 Å². The van der Waals surface area contributed by atoms with E-state index in [0.29, 0.717) is 11.3 Å². The molecule has 1 N–H and O–H groups in total. The predicted molar refractivity (Wildman–Crippen MR) is 87.9 cm³/mol. The molecule has 0 aromatic heterocycles. The highest BCUT2D eigenvalue weighted by atomic mass is 16.6. The Hall–Kier alpha value is -3.16. The first kappa shape index (κ1) is 18.9. The van der Waals surface area contributed by atoms with E-state index in [1.807, 2.05) is 0 Å². The van der Waals surface area contributed by atoms with Gasteiger partial charge in [0.2, 0.25) is 0 Å². The zero-order valence-corrected chi connectivity index (χ0v) is 13.6. The Morgan fingerprint density at radius 1 is 1.33 bits per heavy atom. The van der Waals surface area contributed by atoms with E-state index in [-0.39, 0.29) is 11.4 Å². The lowest BCUT2D eigenvalue weighted by Gasteiger charge is -2.10. The number of esters is 1. The van der Waals surface area contributed by atoms with Gasteiger partial charge in [0.25, 0.3) is 5.91 Å². The molecule has 1 aromatic carbocycles. The van der Waals surface area contributed by atoms with E-state index < -0.39 is 23.4 Å². The highest BCUT2D eigenvalue weighted by molar-refractivity contribution is 5.94. The van der Waals surface area contributed by atoms with E-state index in [2.05, 4.69) is 5.32 Å². The van der Waals surface area contributed by atoms with Crippen LogP contribution in [0.15, 0.2) is 36.4 Å². The predicted octanol–water partition coefficient (Wildman–Crippen LogP) is 2.53. The fraction of sp³-hybridized carbons (Fsp3) is 0.250. The molecular weight excluding hydrogens is 316 g/mol. The average molecular weight is 334 g/mol. The van der Waals surface area contributed by atoms with Gasteiger partial charge < -0.3 is 14.8 Å². The molecule has 0 saturated heterocycles. The molecule has 8 nitrogen and oxygen atoms in total. The number of rotatable bonds is 7. The van der Waals surface area contributed by atoms with Crippen LogP contribution in [0.2, 0.25) is 0 Å². The Kier molecular flexibility index (Phi) is 7.15. The van der Waals surface area contributed by atoms with Gasteiger partial charge in [-0.1, -0.05) is 18.2 Å². The maximum absolute atomic E-state index is 11.8. The molecule has 1 amide bonds. The minimum atomic E-state index is -0.652. The van der Waals surface area contributed by atoms with Crippen LogP contribution in [0, 0.1) is 17.0 Å². The first-order valence-electron chi connectivity index (χ1n) is 6.98. The molecule has 24 heavy (non-hydrogen) atoms. The van der Waals surface area contributed by atoms with Gasteiger partial charge >= 0.3 is 11.7 Å². The lowest BCUT2D eigenvalue weighted by atomic mass is 10.1. The molecule has 0 aliphatic rings. The van der Waals surface area contributed by atoms with Crippen molar-refractivity contribution in [2.75, 3.05) is 19.0 Å². The van der Waals surface area contributed by atoms with Gasteiger partial charge in [-0.3, -0.25) is 14.9 Å². The SMILES string of the molecule is CC=CC=CC(=O)OCC(=O)Nc1cc(OC)c([N+](=O)[O-])cc1C. The minimum Gasteiger partial charge on any atom is -0.490 e. The molecule has 0 atom stereocenters. The molecule has 0 spiro atoms. The van der Waals surface area contributed by atoms with E-state index in [9.17, 15) is 19.7 Å². The number of nitro benzene ring substituents is 1. The van der Waals surface area contributed by atoms with Crippen LogP contribution in [0.25, 0.3) is 0 Å². The van der Waals surface area contributed by atoms with Gasteiger partial charge in [0.05, 0.1) is 12.0 Å². The van der Waals surface area contributed by atoms with Gasteiger partial charge in [-0.2, -0.15) is 0 Å². The molecule has 128 valence electrons. The van der Waals surface area contributed by atoms with Crippen LogP contribution < -0.4 is 10.1 Å². The van der Waals surface area contributed by atoms with Crippen molar-refractivity contribution in [3.8, 4) is 5.75 Å².